The van der Waals surface area contributed by atoms with E-state index in [9.17, 15) is 0 Å². The first-order chi connectivity index (χ1) is 10.3. The molecule has 108 valence electrons. The molecule has 2 aromatic heterocycles. The van der Waals surface area contributed by atoms with Crippen LogP contribution in [-0.4, -0.2) is 16.5 Å². The SMILES string of the molecule is CCNc1nc(NC(C)c2ccccc2)c2ccsc2n1. The van der Waals surface area contributed by atoms with Gasteiger partial charge in [0.1, 0.15) is 10.6 Å². The predicted molar refractivity (Wildman–Crippen MR) is 90.1 cm³/mol. The second-order valence-corrected chi connectivity index (χ2v) is 5.74. The number of anilines is 2. The third-order valence-corrected chi connectivity index (χ3v) is 4.12. The van der Waals surface area contributed by atoms with Crippen LogP contribution in [0.3, 0.4) is 0 Å². The van der Waals surface area contributed by atoms with Crippen molar-refractivity contribution in [2.45, 2.75) is 19.9 Å². The molecule has 0 spiro atoms. The van der Waals surface area contributed by atoms with Crippen molar-refractivity contribution in [3.8, 4) is 0 Å². The highest BCUT2D eigenvalue weighted by atomic mass is 32.1. The van der Waals surface area contributed by atoms with E-state index in [1.807, 2.05) is 18.4 Å². The van der Waals surface area contributed by atoms with Crippen LogP contribution in [0.15, 0.2) is 41.8 Å². The van der Waals surface area contributed by atoms with Crippen LogP contribution in [0.4, 0.5) is 11.8 Å². The largest absolute Gasteiger partial charge is 0.363 e. The quantitative estimate of drug-likeness (QED) is 0.737. The van der Waals surface area contributed by atoms with Gasteiger partial charge in [-0.15, -0.1) is 11.3 Å². The van der Waals surface area contributed by atoms with Gasteiger partial charge in [0.25, 0.3) is 0 Å². The maximum absolute atomic E-state index is 4.60. The van der Waals surface area contributed by atoms with Crippen molar-refractivity contribution in [2.75, 3.05) is 17.2 Å². The maximum Gasteiger partial charge on any atom is 0.226 e. The third kappa shape index (κ3) is 2.97. The van der Waals surface area contributed by atoms with E-state index in [-0.39, 0.29) is 6.04 Å². The molecule has 0 amide bonds. The summed E-state index contributed by atoms with van der Waals surface area (Å²) in [6.07, 6.45) is 0. The van der Waals surface area contributed by atoms with Crippen molar-refractivity contribution in [1.29, 1.82) is 0 Å². The number of hydrogen-bond acceptors (Lipinski definition) is 5. The van der Waals surface area contributed by atoms with Gasteiger partial charge in [0.15, 0.2) is 0 Å². The molecule has 2 heterocycles. The monoisotopic (exact) mass is 298 g/mol. The minimum Gasteiger partial charge on any atom is -0.363 e. The molecule has 1 unspecified atom stereocenters. The Labute approximate surface area is 128 Å². The van der Waals surface area contributed by atoms with Gasteiger partial charge < -0.3 is 10.6 Å². The Balaban J connectivity index is 1.93. The standard InChI is InChI=1S/C16H18N4S/c1-3-17-16-19-14(13-9-10-21-15(13)20-16)18-11(2)12-7-5-4-6-8-12/h4-11H,3H2,1-2H3,(H2,17,18,19,20). The van der Waals surface area contributed by atoms with Crippen molar-refractivity contribution in [3.63, 3.8) is 0 Å². The minimum atomic E-state index is 0.193. The van der Waals surface area contributed by atoms with Crippen LogP contribution in [0, 0.1) is 0 Å². The molecule has 5 heteroatoms. The van der Waals surface area contributed by atoms with Crippen LogP contribution in [0.5, 0.6) is 0 Å². The summed E-state index contributed by atoms with van der Waals surface area (Å²) in [5.41, 5.74) is 1.24. The molecule has 0 saturated carbocycles. The van der Waals surface area contributed by atoms with Crippen LogP contribution in [-0.2, 0) is 0 Å². The Morgan fingerprint density at radius 2 is 1.95 bits per heavy atom. The summed E-state index contributed by atoms with van der Waals surface area (Å²) in [5.74, 6) is 1.56. The summed E-state index contributed by atoms with van der Waals surface area (Å²) in [4.78, 5) is 10.1. The highest BCUT2D eigenvalue weighted by Gasteiger charge is 2.12. The van der Waals surface area contributed by atoms with Gasteiger partial charge in [-0.25, -0.2) is 4.98 Å². The Bertz CT molecular complexity index is 723. The van der Waals surface area contributed by atoms with Crippen LogP contribution in [0.2, 0.25) is 0 Å². The molecule has 0 aliphatic rings. The normalized spacial score (nSPS) is 12.3. The molecule has 0 fully saturated rings. The molecule has 4 nitrogen and oxygen atoms in total. The molecule has 0 bridgehead atoms. The molecule has 3 rings (SSSR count). The Kier molecular flexibility index (Phi) is 4.01. The van der Waals surface area contributed by atoms with Crippen molar-refractivity contribution < 1.29 is 0 Å². The van der Waals surface area contributed by atoms with Crippen molar-refractivity contribution in [1.82, 2.24) is 9.97 Å². The summed E-state index contributed by atoms with van der Waals surface area (Å²) in [6.45, 7) is 4.99. The minimum absolute atomic E-state index is 0.193. The van der Waals surface area contributed by atoms with Gasteiger partial charge in [0.2, 0.25) is 5.95 Å². The molecule has 0 aliphatic heterocycles. The maximum atomic E-state index is 4.60. The van der Waals surface area contributed by atoms with Gasteiger partial charge in [-0.05, 0) is 30.9 Å². The van der Waals surface area contributed by atoms with E-state index in [1.54, 1.807) is 11.3 Å². The first-order valence-corrected chi connectivity index (χ1v) is 7.96. The number of aromatic nitrogens is 2. The highest BCUT2D eigenvalue weighted by molar-refractivity contribution is 7.16. The lowest BCUT2D eigenvalue weighted by molar-refractivity contribution is 0.876. The summed E-state index contributed by atoms with van der Waals surface area (Å²) in [7, 11) is 0. The third-order valence-electron chi connectivity index (χ3n) is 3.31. The van der Waals surface area contributed by atoms with Gasteiger partial charge in [-0.1, -0.05) is 30.3 Å². The zero-order chi connectivity index (χ0) is 14.7. The zero-order valence-electron chi connectivity index (χ0n) is 12.1. The number of hydrogen-bond donors (Lipinski definition) is 2. The molecule has 1 aromatic carbocycles. The lowest BCUT2D eigenvalue weighted by Crippen LogP contribution is -2.10. The number of rotatable bonds is 5. The molecular weight excluding hydrogens is 280 g/mol. The Morgan fingerprint density at radius 3 is 2.71 bits per heavy atom. The van der Waals surface area contributed by atoms with E-state index in [0.717, 1.165) is 22.6 Å². The number of nitrogens with one attached hydrogen (secondary N) is 2. The fourth-order valence-corrected chi connectivity index (χ4v) is 3.00. The molecule has 2 N–H and O–H groups in total. The summed E-state index contributed by atoms with van der Waals surface area (Å²) < 4.78 is 0. The van der Waals surface area contributed by atoms with E-state index in [0.29, 0.717) is 5.95 Å². The van der Waals surface area contributed by atoms with E-state index < -0.39 is 0 Å². The van der Waals surface area contributed by atoms with Crippen LogP contribution in [0.25, 0.3) is 10.2 Å². The first-order valence-electron chi connectivity index (χ1n) is 7.08. The summed E-state index contributed by atoms with van der Waals surface area (Å²) in [5, 5.41) is 9.81. The molecule has 3 aromatic rings. The summed E-state index contributed by atoms with van der Waals surface area (Å²) in [6, 6.07) is 12.6. The smallest absolute Gasteiger partial charge is 0.226 e. The topological polar surface area (TPSA) is 49.8 Å². The van der Waals surface area contributed by atoms with Crippen molar-refractivity contribution >= 4 is 33.3 Å². The van der Waals surface area contributed by atoms with Gasteiger partial charge in [0.05, 0.1) is 5.39 Å². The molecule has 0 radical (unpaired) electrons. The van der Waals surface area contributed by atoms with Gasteiger partial charge in [-0.3, -0.25) is 0 Å². The summed E-state index contributed by atoms with van der Waals surface area (Å²) >= 11 is 1.63. The molecule has 21 heavy (non-hydrogen) atoms. The predicted octanol–water partition coefficient (Wildman–Crippen LogP) is 4.30. The van der Waals surface area contributed by atoms with E-state index in [1.165, 1.54) is 5.56 Å². The first kappa shape index (κ1) is 13.8. The second-order valence-electron chi connectivity index (χ2n) is 4.84. The lowest BCUT2D eigenvalue weighted by Gasteiger charge is -2.16. The van der Waals surface area contributed by atoms with Crippen LogP contribution in [0.1, 0.15) is 25.5 Å². The Hall–Kier alpha value is -2.14. The van der Waals surface area contributed by atoms with Crippen molar-refractivity contribution in [2.24, 2.45) is 0 Å². The second kappa shape index (κ2) is 6.10. The zero-order valence-corrected chi connectivity index (χ0v) is 12.9. The molecular formula is C16H18N4S. The van der Waals surface area contributed by atoms with E-state index >= 15 is 0 Å². The molecule has 0 aliphatic carbocycles. The molecule has 1 atom stereocenters. The lowest BCUT2D eigenvalue weighted by atomic mass is 10.1. The van der Waals surface area contributed by atoms with Crippen LogP contribution < -0.4 is 10.6 Å². The number of fused-ring (bicyclic) bond motifs is 1. The Morgan fingerprint density at radius 1 is 1.14 bits per heavy atom. The molecule has 0 saturated heterocycles. The van der Waals surface area contributed by atoms with E-state index in [2.05, 4.69) is 57.9 Å². The fourth-order valence-electron chi connectivity index (χ4n) is 2.23. The number of benzene rings is 1. The van der Waals surface area contributed by atoms with Gasteiger partial charge in [-0.2, -0.15) is 4.98 Å². The highest BCUT2D eigenvalue weighted by Crippen LogP contribution is 2.29. The fraction of sp³-hybridized carbons (Fsp3) is 0.250. The average molecular weight is 298 g/mol. The van der Waals surface area contributed by atoms with E-state index in [4.69, 9.17) is 0 Å². The van der Waals surface area contributed by atoms with Crippen molar-refractivity contribution in [3.05, 3.63) is 47.3 Å². The number of nitrogens with zero attached hydrogens (tertiary/aromatic N) is 2. The van der Waals surface area contributed by atoms with Gasteiger partial charge in [0, 0.05) is 12.6 Å². The average Bonchev–Trinajstić information content (AvgIpc) is 2.97. The van der Waals surface area contributed by atoms with Gasteiger partial charge >= 0.3 is 0 Å². The number of thiophene rings is 1. The van der Waals surface area contributed by atoms with Crippen LogP contribution >= 0.6 is 11.3 Å².